The summed E-state index contributed by atoms with van der Waals surface area (Å²) in [4.78, 5) is 16.8. The Morgan fingerprint density at radius 2 is 2.08 bits per heavy atom. The van der Waals surface area contributed by atoms with Gasteiger partial charge in [-0.05, 0) is 44.9 Å². The molecular weight excluding hydrogens is 309 g/mol. The minimum atomic E-state index is -0.345. The molecule has 1 aromatic carbocycles. The van der Waals surface area contributed by atoms with E-state index < -0.39 is 0 Å². The van der Waals surface area contributed by atoms with Crippen molar-refractivity contribution in [1.82, 2.24) is 9.80 Å². The maximum atomic E-state index is 13.3. The highest BCUT2D eigenvalue weighted by molar-refractivity contribution is 5.89. The molecule has 5 nitrogen and oxygen atoms in total. The Kier molecular flexibility index (Phi) is 5.36. The number of amides is 2. The highest BCUT2D eigenvalue weighted by Crippen LogP contribution is 2.22. The maximum Gasteiger partial charge on any atom is 0.322 e. The van der Waals surface area contributed by atoms with Gasteiger partial charge in [0.25, 0.3) is 0 Å². The van der Waals surface area contributed by atoms with Crippen LogP contribution in [0.25, 0.3) is 0 Å². The number of nitrogens with one attached hydrogen (secondary N) is 1. The van der Waals surface area contributed by atoms with Gasteiger partial charge >= 0.3 is 6.03 Å². The quantitative estimate of drug-likeness (QED) is 0.924. The number of anilines is 1. The van der Waals surface area contributed by atoms with Crippen LogP contribution in [-0.2, 0) is 4.74 Å². The number of nitrogens with zero attached hydrogens (tertiary/aromatic N) is 2. The molecule has 1 N–H and O–H groups in total. The lowest BCUT2D eigenvalue weighted by Crippen LogP contribution is -2.51. The molecule has 1 aromatic rings. The van der Waals surface area contributed by atoms with Gasteiger partial charge in [-0.25, -0.2) is 9.18 Å². The number of urea groups is 1. The van der Waals surface area contributed by atoms with Crippen LogP contribution in [0.1, 0.15) is 26.7 Å². The summed E-state index contributed by atoms with van der Waals surface area (Å²) >= 11 is 0. The van der Waals surface area contributed by atoms with Gasteiger partial charge in [0.05, 0.1) is 12.2 Å². The molecule has 0 bridgehead atoms. The second-order valence-electron chi connectivity index (χ2n) is 6.91. The lowest BCUT2D eigenvalue weighted by Gasteiger charge is -2.38. The summed E-state index contributed by atoms with van der Waals surface area (Å²) in [5.74, 6) is -0.345. The van der Waals surface area contributed by atoms with Crippen molar-refractivity contribution in [3.8, 4) is 0 Å². The monoisotopic (exact) mass is 335 g/mol. The van der Waals surface area contributed by atoms with E-state index in [1.807, 2.05) is 4.90 Å². The van der Waals surface area contributed by atoms with E-state index in [1.165, 1.54) is 12.1 Å². The molecule has 2 aliphatic heterocycles. The average Bonchev–Trinajstić information content (AvgIpc) is 2.94. The van der Waals surface area contributed by atoms with E-state index >= 15 is 0 Å². The zero-order valence-electron chi connectivity index (χ0n) is 14.4. The smallest absolute Gasteiger partial charge is 0.322 e. The molecular formula is C18H26FN3O2. The Bertz CT molecular complexity index is 573. The zero-order valence-corrected chi connectivity index (χ0v) is 14.4. The van der Waals surface area contributed by atoms with Crippen LogP contribution in [0.3, 0.4) is 0 Å². The van der Waals surface area contributed by atoms with Gasteiger partial charge in [-0.15, -0.1) is 0 Å². The second kappa shape index (κ2) is 7.49. The predicted molar refractivity (Wildman–Crippen MR) is 91.6 cm³/mol. The summed E-state index contributed by atoms with van der Waals surface area (Å²) in [5.41, 5.74) is 0.499. The molecule has 3 atom stereocenters. The Morgan fingerprint density at radius 3 is 2.79 bits per heavy atom. The van der Waals surface area contributed by atoms with E-state index in [1.54, 1.807) is 12.1 Å². The van der Waals surface area contributed by atoms with E-state index in [4.69, 9.17) is 4.74 Å². The topological polar surface area (TPSA) is 44.8 Å². The van der Waals surface area contributed by atoms with Crippen molar-refractivity contribution >= 4 is 11.7 Å². The third kappa shape index (κ3) is 4.24. The van der Waals surface area contributed by atoms with Crippen molar-refractivity contribution in [2.45, 2.75) is 44.9 Å². The van der Waals surface area contributed by atoms with Gasteiger partial charge in [-0.2, -0.15) is 0 Å². The Hall–Kier alpha value is -1.66. The molecule has 2 aliphatic rings. The Morgan fingerprint density at radius 1 is 1.33 bits per heavy atom. The maximum absolute atomic E-state index is 13.3. The van der Waals surface area contributed by atoms with Gasteiger partial charge in [0.2, 0.25) is 0 Å². The van der Waals surface area contributed by atoms with Crippen LogP contribution < -0.4 is 5.32 Å². The Balaban J connectivity index is 1.59. The van der Waals surface area contributed by atoms with Crippen LogP contribution in [0.2, 0.25) is 0 Å². The van der Waals surface area contributed by atoms with E-state index in [0.29, 0.717) is 5.69 Å². The fourth-order valence-corrected chi connectivity index (χ4v) is 3.79. The molecule has 0 aromatic heterocycles. The fourth-order valence-electron chi connectivity index (χ4n) is 3.79. The van der Waals surface area contributed by atoms with Crippen molar-refractivity contribution in [3.63, 3.8) is 0 Å². The van der Waals surface area contributed by atoms with Gasteiger partial charge in [-0.3, -0.25) is 4.90 Å². The molecule has 3 rings (SSSR count). The van der Waals surface area contributed by atoms with Crippen molar-refractivity contribution in [1.29, 1.82) is 0 Å². The third-order valence-corrected chi connectivity index (χ3v) is 4.68. The number of benzene rings is 1. The van der Waals surface area contributed by atoms with Gasteiger partial charge < -0.3 is 15.0 Å². The van der Waals surface area contributed by atoms with Crippen LogP contribution in [-0.4, -0.2) is 60.3 Å². The van der Waals surface area contributed by atoms with E-state index in [9.17, 15) is 9.18 Å². The molecule has 0 aliphatic carbocycles. The summed E-state index contributed by atoms with van der Waals surface area (Å²) < 4.78 is 19.0. The summed E-state index contributed by atoms with van der Waals surface area (Å²) in [6, 6.07) is 6.08. The third-order valence-electron chi connectivity index (χ3n) is 4.68. The number of hydrogen-bond acceptors (Lipinski definition) is 3. The molecule has 2 amide bonds. The fraction of sp³-hybridized carbons (Fsp3) is 0.611. The summed E-state index contributed by atoms with van der Waals surface area (Å²) in [6.07, 6.45) is 2.47. The highest BCUT2D eigenvalue weighted by atomic mass is 19.1. The summed E-state index contributed by atoms with van der Waals surface area (Å²) in [7, 11) is 0. The molecule has 3 unspecified atom stereocenters. The van der Waals surface area contributed by atoms with Gasteiger partial charge in [0.1, 0.15) is 5.82 Å². The molecule has 0 radical (unpaired) electrons. The van der Waals surface area contributed by atoms with Crippen LogP contribution >= 0.6 is 0 Å². The lowest BCUT2D eigenvalue weighted by atomic mass is 10.1. The predicted octanol–water partition coefficient (Wildman–Crippen LogP) is 2.93. The first-order valence-electron chi connectivity index (χ1n) is 8.72. The molecule has 2 saturated heterocycles. The molecule has 6 heteroatoms. The molecule has 24 heavy (non-hydrogen) atoms. The number of rotatable bonds is 3. The normalized spacial score (nSPS) is 28.1. The first-order valence-corrected chi connectivity index (χ1v) is 8.72. The number of likely N-dealkylation sites (tertiary alicyclic amines) is 1. The van der Waals surface area contributed by atoms with E-state index in [2.05, 4.69) is 24.1 Å². The van der Waals surface area contributed by atoms with Crippen molar-refractivity contribution in [2.24, 2.45) is 0 Å². The van der Waals surface area contributed by atoms with Gasteiger partial charge in [0, 0.05) is 37.9 Å². The SMILES string of the molecule is CC1CN(CC2CCCN2C(=O)Nc2cccc(F)c2)CC(C)O1. The highest BCUT2D eigenvalue weighted by Gasteiger charge is 2.32. The molecule has 0 saturated carbocycles. The van der Waals surface area contributed by atoms with Crippen LogP contribution in [0.4, 0.5) is 14.9 Å². The summed E-state index contributed by atoms with van der Waals surface area (Å²) in [5, 5.41) is 2.81. The molecule has 132 valence electrons. The van der Waals surface area contributed by atoms with Crippen molar-refractivity contribution in [2.75, 3.05) is 31.5 Å². The number of carbonyl (C=O) groups excluding carboxylic acids is 1. The lowest BCUT2D eigenvalue weighted by molar-refractivity contribution is -0.0712. The van der Waals surface area contributed by atoms with Crippen LogP contribution in [0, 0.1) is 5.82 Å². The molecule has 2 fully saturated rings. The van der Waals surface area contributed by atoms with Crippen molar-refractivity contribution in [3.05, 3.63) is 30.1 Å². The standard InChI is InChI=1S/C18H26FN3O2/c1-13-10-21(11-14(2)24-13)12-17-7-4-8-22(17)18(23)20-16-6-3-5-15(19)9-16/h3,5-6,9,13-14,17H,4,7-8,10-12H2,1-2H3,(H,20,23). The number of halogens is 1. The first-order chi connectivity index (χ1) is 11.5. The number of ether oxygens (including phenoxy) is 1. The second-order valence-corrected chi connectivity index (χ2v) is 6.91. The Labute approximate surface area is 142 Å². The van der Waals surface area contributed by atoms with Crippen LogP contribution in [0.5, 0.6) is 0 Å². The molecule has 2 heterocycles. The number of carbonyl (C=O) groups is 1. The largest absolute Gasteiger partial charge is 0.373 e. The zero-order chi connectivity index (χ0) is 17.1. The van der Waals surface area contributed by atoms with E-state index in [-0.39, 0.29) is 30.1 Å². The van der Waals surface area contributed by atoms with Crippen molar-refractivity contribution < 1.29 is 13.9 Å². The molecule has 0 spiro atoms. The van der Waals surface area contributed by atoms with Crippen LogP contribution in [0.15, 0.2) is 24.3 Å². The first kappa shape index (κ1) is 17.2. The average molecular weight is 335 g/mol. The van der Waals surface area contributed by atoms with Gasteiger partial charge in [-0.1, -0.05) is 6.07 Å². The van der Waals surface area contributed by atoms with E-state index in [0.717, 1.165) is 39.0 Å². The van der Waals surface area contributed by atoms with Gasteiger partial charge in [0.15, 0.2) is 0 Å². The minimum absolute atomic E-state index is 0.141. The minimum Gasteiger partial charge on any atom is -0.373 e. The summed E-state index contributed by atoms with van der Waals surface area (Å²) in [6.45, 7) is 7.60. The number of morpholine rings is 1. The number of hydrogen-bond donors (Lipinski definition) is 1.